The third-order valence-corrected chi connectivity index (χ3v) is 12.1. The van der Waals surface area contributed by atoms with Crippen molar-refractivity contribution in [2.75, 3.05) is 13.6 Å². The van der Waals surface area contributed by atoms with Crippen molar-refractivity contribution in [3.8, 4) is 0 Å². The molecule has 3 unspecified atom stereocenters. The van der Waals surface area contributed by atoms with Gasteiger partial charge in [0.1, 0.15) is 6.61 Å². The van der Waals surface area contributed by atoms with Crippen LogP contribution in [0, 0.1) is 0 Å². The number of aromatic nitrogens is 5. The number of alkyl halides is 3. The molecule has 0 radical (unpaired) electrons. The summed E-state index contributed by atoms with van der Waals surface area (Å²) in [6.45, 7) is 3.80. The topological polar surface area (TPSA) is 182 Å². The van der Waals surface area contributed by atoms with Crippen LogP contribution in [0.1, 0.15) is 77.4 Å². The van der Waals surface area contributed by atoms with E-state index in [0.717, 1.165) is 25.6 Å². The van der Waals surface area contributed by atoms with Crippen LogP contribution in [0.3, 0.4) is 0 Å². The van der Waals surface area contributed by atoms with E-state index in [1.54, 1.807) is 18.8 Å². The number of thiazole rings is 2. The van der Waals surface area contributed by atoms with Gasteiger partial charge >= 0.3 is 24.2 Å². The number of halogens is 3. The lowest BCUT2D eigenvalue weighted by Gasteiger charge is -2.29. The number of ether oxygens (including phenoxy) is 1. The number of amides is 4. The third kappa shape index (κ3) is 13.1. The van der Waals surface area contributed by atoms with Crippen LogP contribution in [0.4, 0.5) is 22.8 Å². The molecule has 20 heteroatoms. The number of nitrogens with zero attached hydrogens (tertiary/aromatic N) is 7. The zero-order valence-electron chi connectivity index (χ0n) is 34.5. The smallest absolute Gasteiger partial charge is 0.451 e. The molecule has 4 amide bonds. The molecule has 2 aromatic carbocycles. The molecule has 1 aliphatic rings. The van der Waals surface area contributed by atoms with Gasteiger partial charge in [0, 0.05) is 56.5 Å². The molecule has 0 saturated carbocycles. The number of hydrogen-bond donors (Lipinski definition) is 4. The van der Waals surface area contributed by atoms with E-state index in [9.17, 15) is 32.7 Å². The van der Waals surface area contributed by atoms with E-state index in [0.29, 0.717) is 31.4 Å². The summed E-state index contributed by atoms with van der Waals surface area (Å²) in [5.74, 6) is -1.86. The second-order valence-electron chi connectivity index (χ2n) is 15.4. The Balaban J connectivity index is 1.23. The largest absolute Gasteiger partial charge is 0.462 e. The Morgan fingerprint density at radius 2 is 1.68 bits per heavy atom. The lowest BCUT2D eigenvalue weighted by Crippen LogP contribution is -2.83. The lowest BCUT2D eigenvalue weighted by molar-refractivity contribution is -0.514. The molecular weight excluding hydrogens is 846 g/mol. The molecule has 6 rings (SSSR count). The molecule has 3 aromatic heterocycles. The number of benzene rings is 2. The number of hydrogen-bond acceptors (Lipinski definition) is 10. The zero-order chi connectivity index (χ0) is 44.2. The molecule has 3 atom stereocenters. The summed E-state index contributed by atoms with van der Waals surface area (Å²) in [5.41, 5.74) is 4.29. The highest BCUT2D eigenvalue weighted by atomic mass is 32.1. The average Bonchev–Trinajstić information content (AvgIpc) is 4.04. The fourth-order valence-electron chi connectivity index (χ4n) is 6.95. The van der Waals surface area contributed by atoms with Gasteiger partial charge in [0.15, 0.2) is 17.9 Å². The maximum Gasteiger partial charge on any atom is 0.451 e. The first-order chi connectivity index (χ1) is 29.7. The van der Waals surface area contributed by atoms with Crippen LogP contribution in [-0.4, -0.2) is 95.3 Å². The molecule has 1 aliphatic heterocycles. The van der Waals surface area contributed by atoms with Gasteiger partial charge in [0.05, 0.1) is 40.6 Å². The Kier molecular flexibility index (Phi) is 15.7. The molecule has 0 spiro atoms. The number of aliphatic hydroxyl groups excluding tert-OH is 1. The maximum atomic E-state index is 13.9. The fourth-order valence-corrected chi connectivity index (χ4v) is 8.28. The van der Waals surface area contributed by atoms with Crippen LogP contribution >= 0.6 is 22.7 Å². The van der Waals surface area contributed by atoms with Gasteiger partial charge in [-0.1, -0.05) is 74.5 Å². The highest BCUT2D eigenvalue weighted by Gasteiger charge is 2.40. The van der Waals surface area contributed by atoms with Crippen molar-refractivity contribution < 1.29 is 42.4 Å². The fraction of sp³-hybridized carbons (Fsp3) is 0.429. The minimum atomic E-state index is -4.71. The molecule has 330 valence electrons. The Bertz CT molecular complexity index is 2250. The standard InChI is InChI=1S/C42H49F3N10O5S2/c1-27(2)38-48-32(25-61-38)22-53(3)40(58)50-34(20-36(56)54-16-17-55-35(23-54)51-52-39(55)42(43,44)45)37(57)47-30(18-28-10-6-4-7-11-28)14-15-31(19-29-12-8-5-9-13-29)49-41(59)60-24-33-21-46-26-62-33/h4-13,21,25-27,30-31,34H,14-20,22-24H2,1-3H3,(H,47,57)(H,49,59)(H,50,58)/p+1. The molecule has 0 aliphatic carbocycles. The van der Waals surface area contributed by atoms with E-state index in [1.165, 1.54) is 32.5 Å². The summed E-state index contributed by atoms with van der Waals surface area (Å²) >= 11 is 2.87. The number of aliphatic hydroxyl groups is 1. The van der Waals surface area contributed by atoms with Crippen molar-refractivity contribution in [3.63, 3.8) is 0 Å². The van der Waals surface area contributed by atoms with Gasteiger partial charge < -0.3 is 34.8 Å². The molecule has 15 nitrogen and oxygen atoms in total. The summed E-state index contributed by atoms with van der Waals surface area (Å²) in [7, 11) is 1.57. The summed E-state index contributed by atoms with van der Waals surface area (Å²) < 4.78 is 47.1. The maximum absolute atomic E-state index is 13.9. The first-order valence-corrected chi connectivity index (χ1v) is 21.9. The Labute approximate surface area is 365 Å². The predicted octanol–water partition coefficient (Wildman–Crippen LogP) is 5.24. The van der Waals surface area contributed by atoms with Crippen molar-refractivity contribution >= 4 is 46.6 Å². The highest BCUT2D eigenvalue weighted by Crippen LogP contribution is 2.29. The third-order valence-electron chi connectivity index (χ3n) is 10.2. The number of fused-ring (bicyclic) bond motifs is 1. The van der Waals surface area contributed by atoms with E-state index in [1.807, 2.05) is 79.9 Å². The van der Waals surface area contributed by atoms with Gasteiger partial charge in [-0.2, -0.15) is 13.2 Å². The van der Waals surface area contributed by atoms with Crippen molar-refractivity contribution in [3.05, 3.63) is 116 Å². The quantitative estimate of drug-likeness (QED) is 0.0676. The van der Waals surface area contributed by atoms with Crippen molar-refractivity contribution in [2.45, 2.75) is 102 Å². The van der Waals surface area contributed by atoms with Gasteiger partial charge in [-0.25, -0.2) is 19.6 Å². The zero-order valence-corrected chi connectivity index (χ0v) is 36.2. The highest BCUT2D eigenvalue weighted by molar-refractivity contribution is 7.09. The molecule has 0 saturated heterocycles. The normalized spacial score (nSPS) is 14.5. The Hall–Kier alpha value is -5.89. The van der Waals surface area contributed by atoms with E-state index in [2.05, 4.69) is 35.8 Å². The van der Waals surface area contributed by atoms with Gasteiger partial charge in [0.2, 0.25) is 11.7 Å². The first kappa shape index (κ1) is 45.6. The molecule has 0 bridgehead atoms. The monoisotopic (exact) mass is 895 g/mol. The van der Waals surface area contributed by atoms with Crippen LogP contribution in [0.2, 0.25) is 0 Å². The van der Waals surface area contributed by atoms with Gasteiger partial charge in [0.25, 0.3) is 0 Å². The molecular formula is C42H50F3N10O5S2+. The second kappa shape index (κ2) is 21.3. The summed E-state index contributed by atoms with van der Waals surface area (Å²) in [6, 6.07) is 16.6. The van der Waals surface area contributed by atoms with E-state index in [4.69, 9.17) is 4.74 Å². The van der Waals surface area contributed by atoms with Crippen molar-refractivity contribution in [2.24, 2.45) is 0 Å². The number of urea groups is 1. The minimum Gasteiger partial charge on any atom is -0.462 e. The van der Waals surface area contributed by atoms with E-state index < -0.39 is 48.5 Å². The van der Waals surface area contributed by atoms with Crippen LogP contribution in [0.5, 0.6) is 0 Å². The number of nitrogens with one attached hydrogen (secondary N) is 3. The summed E-state index contributed by atoms with van der Waals surface area (Å²) in [4.78, 5) is 56.0. The number of alkyl carbamates (subject to hydrolysis) is 1. The predicted molar refractivity (Wildman–Crippen MR) is 226 cm³/mol. The van der Waals surface area contributed by atoms with Crippen LogP contribution in [-0.2, 0) is 54.8 Å². The van der Waals surface area contributed by atoms with Crippen LogP contribution in [0.15, 0.2) is 77.8 Å². The average molecular weight is 896 g/mol. The number of rotatable bonds is 18. The van der Waals surface area contributed by atoms with E-state index >= 15 is 0 Å². The number of carbonyl (C=O) groups excluding carboxylic acids is 3. The summed E-state index contributed by atoms with van der Waals surface area (Å²) in [5, 5.41) is 27.5. The molecule has 0 fully saturated rings. The first-order valence-electron chi connectivity index (χ1n) is 20.2. The van der Waals surface area contributed by atoms with Gasteiger partial charge in [-0.15, -0.1) is 32.9 Å². The lowest BCUT2D eigenvalue weighted by atomic mass is 9.96. The summed E-state index contributed by atoms with van der Waals surface area (Å²) in [6.07, 6.45) is -2.29. The van der Waals surface area contributed by atoms with Crippen LogP contribution < -0.4 is 15.6 Å². The van der Waals surface area contributed by atoms with Crippen LogP contribution in [0.25, 0.3) is 0 Å². The molecule has 5 aromatic rings. The minimum absolute atomic E-state index is 0.0263. The van der Waals surface area contributed by atoms with Crippen molar-refractivity contribution in [1.29, 1.82) is 0 Å². The Morgan fingerprint density at radius 1 is 0.968 bits per heavy atom. The number of carbonyl (C=O) groups is 3. The van der Waals surface area contributed by atoms with Gasteiger partial charge in [-0.3, -0.25) is 9.78 Å². The molecule has 4 N–H and O–H groups in total. The molecule has 62 heavy (non-hydrogen) atoms. The van der Waals surface area contributed by atoms with Gasteiger partial charge in [-0.05, 0) is 24.0 Å². The molecule has 4 heterocycles. The second-order valence-corrected chi connectivity index (χ2v) is 17.2. The SMILES string of the molecule is CC(C)c1nc(CN(C)C(=O)NC(CC(=O)N2CCn3c(nnc3C(F)(F)F)C2)C(O)=[NH+]C(CCC(Cc2ccccc2)NC(=O)OCc2cncs2)Cc2ccccc2)cs1. The van der Waals surface area contributed by atoms with Crippen molar-refractivity contribution in [1.82, 2.24) is 45.2 Å². The Morgan fingerprint density at radius 3 is 2.32 bits per heavy atom. The van der Waals surface area contributed by atoms with E-state index in [-0.39, 0.29) is 56.5 Å².